The van der Waals surface area contributed by atoms with Gasteiger partial charge < -0.3 is 14.9 Å². The quantitative estimate of drug-likeness (QED) is 0.753. The molecule has 29 heavy (non-hydrogen) atoms. The van der Waals surface area contributed by atoms with Crippen LogP contribution in [0.5, 0.6) is 0 Å². The number of amides is 1. The van der Waals surface area contributed by atoms with Gasteiger partial charge in [0.25, 0.3) is 0 Å². The van der Waals surface area contributed by atoms with E-state index in [2.05, 4.69) is 4.98 Å². The Labute approximate surface area is 166 Å². The van der Waals surface area contributed by atoms with Crippen LogP contribution in [0.2, 0.25) is 0 Å². The summed E-state index contributed by atoms with van der Waals surface area (Å²) in [5.74, 6) is -1.54. The largest absolute Gasteiger partial charge is 0.419 e. The molecule has 2 aliphatic heterocycles. The molecule has 0 bridgehead atoms. The monoisotopic (exact) mass is 415 g/mol. The van der Waals surface area contributed by atoms with Crippen molar-refractivity contribution in [2.75, 3.05) is 24.5 Å². The lowest BCUT2D eigenvalue weighted by Gasteiger charge is -2.40. The van der Waals surface area contributed by atoms with E-state index in [-0.39, 0.29) is 23.9 Å². The average Bonchev–Trinajstić information content (AvgIpc) is 2.99. The Kier molecular flexibility index (Phi) is 5.21. The van der Waals surface area contributed by atoms with Crippen molar-refractivity contribution in [1.82, 2.24) is 9.88 Å². The van der Waals surface area contributed by atoms with Gasteiger partial charge in [-0.15, -0.1) is 0 Å². The van der Waals surface area contributed by atoms with Crippen molar-refractivity contribution in [3.05, 3.63) is 23.6 Å². The normalized spacial score (nSPS) is 27.7. The summed E-state index contributed by atoms with van der Waals surface area (Å²) in [5.41, 5.74) is -1.82. The second-order valence-electron chi connectivity index (χ2n) is 8.47. The molecule has 0 radical (unpaired) electrons. The van der Waals surface area contributed by atoms with Gasteiger partial charge in [-0.05, 0) is 51.0 Å². The molecular formula is C20H25F4N3O2. The summed E-state index contributed by atoms with van der Waals surface area (Å²) in [5, 5.41) is 9.69. The van der Waals surface area contributed by atoms with Crippen molar-refractivity contribution in [1.29, 1.82) is 0 Å². The number of aliphatic hydroxyl groups is 1. The number of alkyl halides is 3. The van der Waals surface area contributed by atoms with E-state index < -0.39 is 23.0 Å². The van der Waals surface area contributed by atoms with E-state index in [1.165, 1.54) is 4.90 Å². The van der Waals surface area contributed by atoms with E-state index in [0.717, 1.165) is 25.5 Å². The highest BCUT2D eigenvalue weighted by molar-refractivity contribution is 5.85. The van der Waals surface area contributed by atoms with Gasteiger partial charge in [0.2, 0.25) is 5.91 Å². The maximum absolute atomic E-state index is 14.4. The predicted octanol–water partition coefficient (Wildman–Crippen LogP) is 3.36. The molecule has 0 aromatic carbocycles. The van der Waals surface area contributed by atoms with Crippen LogP contribution in [-0.2, 0) is 11.0 Å². The number of carbonyl (C=O) groups excluding carboxylic acids is 1. The van der Waals surface area contributed by atoms with Crippen LogP contribution in [0.1, 0.15) is 50.5 Å². The van der Waals surface area contributed by atoms with Crippen LogP contribution in [-0.4, -0.2) is 52.7 Å². The number of halogens is 4. The minimum Gasteiger partial charge on any atom is -0.393 e. The van der Waals surface area contributed by atoms with E-state index in [1.807, 2.05) is 4.90 Å². The number of likely N-dealkylation sites (tertiary alicyclic amines) is 1. The van der Waals surface area contributed by atoms with Crippen LogP contribution in [0.15, 0.2) is 12.3 Å². The summed E-state index contributed by atoms with van der Waals surface area (Å²) in [6, 6.07) is 0.801. The van der Waals surface area contributed by atoms with Crippen LogP contribution >= 0.6 is 0 Å². The molecule has 160 valence electrons. The molecule has 2 saturated heterocycles. The molecule has 1 aromatic rings. The smallest absolute Gasteiger partial charge is 0.393 e. The molecule has 4 rings (SSSR count). The number of carbonyl (C=O) groups is 1. The molecule has 1 aromatic heterocycles. The number of rotatable bonds is 2. The molecule has 0 unspecified atom stereocenters. The molecule has 5 nitrogen and oxygen atoms in total. The van der Waals surface area contributed by atoms with Gasteiger partial charge in [0, 0.05) is 31.9 Å². The van der Waals surface area contributed by atoms with E-state index >= 15 is 0 Å². The van der Waals surface area contributed by atoms with Crippen molar-refractivity contribution < 1.29 is 27.5 Å². The first-order valence-corrected chi connectivity index (χ1v) is 10.2. The third kappa shape index (κ3) is 3.69. The summed E-state index contributed by atoms with van der Waals surface area (Å²) in [6.45, 7) is 1.28. The fraction of sp³-hybridized carbons (Fsp3) is 0.700. The third-order valence-electron chi connectivity index (χ3n) is 6.85. The average molecular weight is 415 g/mol. The fourth-order valence-corrected chi connectivity index (χ4v) is 5.05. The molecule has 1 spiro atoms. The number of hydrogen-bond donors (Lipinski definition) is 1. The molecule has 1 aliphatic carbocycles. The minimum absolute atomic E-state index is 0.107. The maximum atomic E-state index is 14.4. The highest BCUT2D eigenvalue weighted by Crippen LogP contribution is 2.45. The Hall–Kier alpha value is -1.90. The van der Waals surface area contributed by atoms with Crippen LogP contribution in [0.25, 0.3) is 0 Å². The summed E-state index contributed by atoms with van der Waals surface area (Å²) in [7, 11) is 0. The van der Waals surface area contributed by atoms with Gasteiger partial charge in [-0.1, -0.05) is 0 Å². The zero-order valence-electron chi connectivity index (χ0n) is 16.1. The second-order valence-corrected chi connectivity index (χ2v) is 8.47. The Bertz CT molecular complexity index is 769. The first kappa shape index (κ1) is 20.4. The highest BCUT2D eigenvalue weighted by atomic mass is 19.4. The minimum atomic E-state index is -4.77. The third-order valence-corrected chi connectivity index (χ3v) is 6.85. The summed E-state index contributed by atoms with van der Waals surface area (Å²) in [4.78, 5) is 20.5. The van der Waals surface area contributed by atoms with E-state index in [0.29, 0.717) is 51.4 Å². The lowest BCUT2D eigenvalue weighted by Crippen LogP contribution is -2.48. The topological polar surface area (TPSA) is 56.7 Å². The second kappa shape index (κ2) is 7.41. The molecule has 3 heterocycles. The van der Waals surface area contributed by atoms with Crippen LogP contribution < -0.4 is 4.90 Å². The molecule has 1 N–H and O–H groups in total. The van der Waals surface area contributed by atoms with E-state index in [4.69, 9.17) is 0 Å². The Balaban J connectivity index is 1.44. The molecule has 9 heteroatoms. The van der Waals surface area contributed by atoms with Crippen LogP contribution in [0, 0.1) is 11.2 Å². The predicted molar refractivity (Wildman–Crippen MR) is 97.7 cm³/mol. The number of pyridine rings is 1. The maximum Gasteiger partial charge on any atom is 0.419 e. The lowest BCUT2D eigenvalue weighted by molar-refractivity contribution is -0.140. The van der Waals surface area contributed by atoms with Crippen molar-refractivity contribution >= 4 is 11.7 Å². The van der Waals surface area contributed by atoms with E-state index in [1.54, 1.807) is 0 Å². The Morgan fingerprint density at radius 3 is 2.31 bits per heavy atom. The summed E-state index contributed by atoms with van der Waals surface area (Å²) in [6.07, 6.45) is 0.617. The van der Waals surface area contributed by atoms with Crippen LogP contribution in [0.3, 0.4) is 0 Å². The molecule has 0 atom stereocenters. The first-order valence-electron chi connectivity index (χ1n) is 10.2. The number of hydrogen-bond acceptors (Lipinski definition) is 4. The summed E-state index contributed by atoms with van der Waals surface area (Å²) < 4.78 is 53.4. The fourth-order valence-electron chi connectivity index (χ4n) is 5.05. The number of nitrogens with zero attached hydrogens (tertiary/aromatic N) is 3. The van der Waals surface area contributed by atoms with Gasteiger partial charge in [-0.25, -0.2) is 9.37 Å². The standard InChI is InChI=1S/C20H25F4N3O2/c21-16-15(20(22,23)24)5-9-25-17(16)26-10-6-19(7-11-26)8-12-27(18(19)29)13-1-3-14(28)4-2-13/h5,9,13-14,28H,1-4,6-8,10-12H2/t13-,14+. The van der Waals surface area contributed by atoms with Gasteiger partial charge in [0.05, 0.1) is 17.1 Å². The molecular weight excluding hydrogens is 390 g/mol. The molecule has 3 aliphatic rings. The van der Waals surface area contributed by atoms with Gasteiger partial charge in [-0.2, -0.15) is 13.2 Å². The van der Waals surface area contributed by atoms with Crippen LogP contribution in [0.4, 0.5) is 23.4 Å². The number of aliphatic hydroxyl groups excluding tert-OH is 1. The summed E-state index contributed by atoms with van der Waals surface area (Å²) >= 11 is 0. The number of aromatic nitrogens is 1. The number of piperidine rings is 1. The van der Waals surface area contributed by atoms with E-state index in [9.17, 15) is 27.5 Å². The Morgan fingerprint density at radius 1 is 1.07 bits per heavy atom. The molecule has 1 saturated carbocycles. The lowest BCUT2D eigenvalue weighted by atomic mass is 9.77. The first-order chi connectivity index (χ1) is 13.7. The van der Waals surface area contributed by atoms with Crippen molar-refractivity contribution in [3.63, 3.8) is 0 Å². The zero-order chi connectivity index (χ0) is 20.8. The Morgan fingerprint density at radius 2 is 1.69 bits per heavy atom. The molecule has 1 amide bonds. The zero-order valence-corrected chi connectivity index (χ0v) is 16.1. The van der Waals surface area contributed by atoms with Gasteiger partial charge in [0.1, 0.15) is 0 Å². The van der Waals surface area contributed by atoms with Gasteiger partial charge >= 0.3 is 6.18 Å². The van der Waals surface area contributed by atoms with Crippen molar-refractivity contribution in [2.24, 2.45) is 5.41 Å². The number of anilines is 1. The van der Waals surface area contributed by atoms with Gasteiger partial charge in [0.15, 0.2) is 11.6 Å². The van der Waals surface area contributed by atoms with Gasteiger partial charge in [-0.3, -0.25) is 4.79 Å². The van der Waals surface area contributed by atoms with Crippen molar-refractivity contribution in [2.45, 2.75) is 63.3 Å². The molecule has 3 fully saturated rings. The van der Waals surface area contributed by atoms with Crippen molar-refractivity contribution in [3.8, 4) is 0 Å². The highest BCUT2D eigenvalue weighted by Gasteiger charge is 2.50. The SMILES string of the molecule is O=C1N([C@H]2CC[C@@H](O)CC2)CCC12CCN(c1nccc(C(F)(F)F)c1F)CC2.